The molecule has 3 fully saturated rings. The second kappa shape index (κ2) is 6.25. The van der Waals surface area contributed by atoms with Crippen molar-refractivity contribution in [2.75, 3.05) is 13.1 Å². The first-order valence-electron chi connectivity index (χ1n) is 8.38. The van der Waals surface area contributed by atoms with Crippen LogP contribution in [0.5, 0.6) is 0 Å². The van der Waals surface area contributed by atoms with E-state index in [4.69, 9.17) is 0 Å². The second-order valence-electron chi connectivity index (χ2n) is 6.84. The first-order chi connectivity index (χ1) is 9.33. The average Bonchev–Trinajstić information content (AvgIpc) is 2.48. The number of hydrogen-bond acceptors (Lipinski definition) is 2. The lowest BCUT2D eigenvalue weighted by Gasteiger charge is -2.39. The van der Waals surface area contributed by atoms with Crippen LogP contribution in [0.2, 0.25) is 0 Å². The molecule has 3 atom stereocenters. The molecule has 1 amide bonds. The minimum Gasteiger partial charge on any atom is -0.289 e. The largest absolute Gasteiger partial charge is 0.289 e. The summed E-state index contributed by atoms with van der Waals surface area (Å²) in [6, 6.07) is 0. The van der Waals surface area contributed by atoms with E-state index in [0.29, 0.717) is 11.8 Å². The zero-order chi connectivity index (χ0) is 13.1. The molecule has 0 aromatic heterocycles. The maximum Gasteiger partial charge on any atom is 0.237 e. The van der Waals surface area contributed by atoms with Gasteiger partial charge < -0.3 is 0 Å². The Kier molecular flexibility index (Phi) is 4.42. The number of rotatable bonds is 2. The number of fused-ring (bicyclic) bond motifs is 1. The third-order valence-corrected chi connectivity index (χ3v) is 5.53. The highest BCUT2D eigenvalue weighted by Crippen LogP contribution is 2.42. The minimum absolute atomic E-state index is 0.293. The van der Waals surface area contributed by atoms with E-state index in [-0.39, 0.29) is 0 Å². The van der Waals surface area contributed by atoms with Crippen molar-refractivity contribution in [3.63, 3.8) is 0 Å². The fourth-order valence-electron chi connectivity index (χ4n) is 4.36. The predicted molar refractivity (Wildman–Crippen MR) is 76.4 cm³/mol. The Balaban J connectivity index is 1.49. The number of amides is 1. The van der Waals surface area contributed by atoms with E-state index < -0.39 is 0 Å². The lowest BCUT2D eigenvalue weighted by Crippen LogP contribution is -2.48. The van der Waals surface area contributed by atoms with Gasteiger partial charge in [0.25, 0.3) is 0 Å². The lowest BCUT2D eigenvalue weighted by molar-refractivity contribution is -0.132. The van der Waals surface area contributed by atoms with E-state index in [0.717, 1.165) is 37.8 Å². The van der Waals surface area contributed by atoms with Crippen LogP contribution in [0.4, 0.5) is 0 Å². The van der Waals surface area contributed by atoms with Crippen molar-refractivity contribution in [2.45, 2.75) is 64.2 Å². The third kappa shape index (κ3) is 3.31. The van der Waals surface area contributed by atoms with Crippen molar-refractivity contribution < 1.29 is 4.79 Å². The Labute approximate surface area is 117 Å². The molecule has 108 valence electrons. The van der Waals surface area contributed by atoms with Crippen LogP contribution in [-0.2, 0) is 4.79 Å². The number of nitrogens with one attached hydrogen (secondary N) is 1. The number of carbonyl (C=O) groups excluding carboxylic acids is 1. The molecule has 0 radical (unpaired) electrons. The molecule has 3 rings (SSSR count). The van der Waals surface area contributed by atoms with Crippen LogP contribution in [0.25, 0.3) is 0 Å². The van der Waals surface area contributed by atoms with Gasteiger partial charge in [0.1, 0.15) is 0 Å². The van der Waals surface area contributed by atoms with Gasteiger partial charge in [0, 0.05) is 19.0 Å². The number of nitrogens with zero attached hydrogens (tertiary/aromatic N) is 1. The van der Waals surface area contributed by atoms with E-state index in [2.05, 4.69) is 10.4 Å². The van der Waals surface area contributed by atoms with Crippen molar-refractivity contribution >= 4 is 5.91 Å². The maximum absolute atomic E-state index is 12.4. The van der Waals surface area contributed by atoms with Crippen molar-refractivity contribution in [1.29, 1.82) is 0 Å². The van der Waals surface area contributed by atoms with Crippen LogP contribution >= 0.6 is 0 Å². The third-order valence-electron chi connectivity index (χ3n) is 5.53. The molecule has 2 aliphatic carbocycles. The average molecular weight is 264 g/mol. The molecule has 19 heavy (non-hydrogen) atoms. The molecule has 1 aliphatic heterocycles. The summed E-state index contributed by atoms with van der Waals surface area (Å²) in [6.07, 6.45) is 13.0. The lowest BCUT2D eigenvalue weighted by atomic mass is 9.67. The molecule has 3 nitrogen and oxygen atoms in total. The summed E-state index contributed by atoms with van der Waals surface area (Å²) in [6.45, 7) is 2.09. The number of carbonyl (C=O) groups is 1. The molecule has 3 heteroatoms. The highest BCUT2D eigenvalue weighted by atomic mass is 16.2. The molecular formula is C16H28N2O. The van der Waals surface area contributed by atoms with Crippen molar-refractivity contribution in [3.8, 4) is 0 Å². The molecular weight excluding hydrogens is 236 g/mol. The van der Waals surface area contributed by atoms with E-state index in [1.807, 2.05) is 0 Å². The zero-order valence-electron chi connectivity index (χ0n) is 12.1. The van der Waals surface area contributed by atoms with Gasteiger partial charge in [-0.1, -0.05) is 32.1 Å². The van der Waals surface area contributed by atoms with Gasteiger partial charge in [-0.05, 0) is 43.9 Å². The standard InChI is InChI=1S/C16H28N2O/c19-16(17-18-10-4-1-5-11-18)15-9-8-13-6-2-3-7-14(13)12-15/h13-15H,1-12H2,(H,17,19)/t13-,14-,15+/m0/s1. The fourth-order valence-corrected chi connectivity index (χ4v) is 4.36. The molecule has 0 bridgehead atoms. The summed E-state index contributed by atoms with van der Waals surface area (Å²) in [4.78, 5) is 12.4. The van der Waals surface area contributed by atoms with Crippen molar-refractivity contribution in [1.82, 2.24) is 10.4 Å². The Bertz CT molecular complexity index is 312. The van der Waals surface area contributed by atoms with Gasteiger partial charge in [-0.15, -0.1) is 0 Å². The second-order valence-corrected chi connectivity index (χ2v) is 6.84. The monoisotopic (exact) mass is 264 g/mol. The van der Waals surface area contributed by atoms with Gasteiger partial charge in [0.15, 0.2) is 0 Å². The summed E-state index contributed by atoms with van der Waals surface area (Å²) >= 11 is 0. The Morgan fingerprint density at radius 1 is 0.842 bits per heavy atom. The van der Waals surface area contributed by atoms with Crippen molar-refractivity contribution in [3.05, 3.63) is 0 Å². The fraction of sp³-hybridized carbons (Fsp3) is 0.938. The Hall–Kier alpha value is -0.570. The molecule has 0 aromatic carbocycles. The molecule has 0 spiro atoms. The smallest absolute Gasteiger partial charge is 0.237 e. The quantitative estimate of drug-likeness (QED) is 0.831. The molecule has 0 unspecified atom stereocenters. The van der Waals surface area contributed by atoms with Gasteiger partial charge in [-0.3, -0.25) is 10.2 Å². The first kappa shape index (κ1) is 13.4. The van der Waals surface area contributed by atoms with Gasteiger partial charge in [-0.25, -0.2) is 5.01 Å². The van der Waals surface area contributed by atoms with Crippen LogP contribution in [-0.4, -0.2) is 24.0 Å². The van der Waals surface area contributed by atoms with E-state index >= 15 is 0 Å². The molecule has 3 aliphatic rings. The highest BCUT2D eigenvalue weighted by Gasteiger charge is 2.35. The topological polar surface area (TPSA) is 32.3 Å². The van der Waals surface area contributed by atoms with Gasteiger partial charge >= 0.3 is 0 Å². The summed E-state index contributed by atoms with van der Waals surface area (Å²) in [5.41, 5.74) is 3.18. The number of piperidine rings is 1. The molecule has 2 saturated carbocycles. The van der Waals surface area contributed by atoms with Crippen LogP contribution < -0.4 is 5.43 Å². The molecule has 1 saturated heterocycles. The Morgan fingerprint density at radius 3 is 2.37 bits per heavy atom. The Morgan fingerprint density at radius 2 is 1.58 bits per heavy atom. The van der Waals surface area contributed by atoms with Gasteiger partial charge in [0.05, 0.1) is 0 Å². The first-order valence-corrected chi connectivity index (χ1v) is 8.38. The summed E-state index contributed by atoms with van der Waals surface area (Å²) < 4.78 is 0. The van der Waals surface area contributed by atoms with E-state index in [9.17, 15) is 4.79 Å². The predicted octanol–water partition coefficient (Wildman–Crippen LogP) is 3.11. The number of hydrogen-bond donors (Lipinski definition) is 1. The van der Waals surface area contributed by atoms with Crippen LogP contribution in [0, 0.1) is 17.8 Å². The summed E-state index contributed by atoms with van der Waals surface area (Å²) in [7, 11) is 0. The zero-order valence-corrected chi connectivity index (χ0v) is 12.1. The van der Waals surface area contributed by atoms with Gasteiger partial charge in [0.2, 0.25) is 5.91 Å². The summed E-state index contributed by atoms with van der Waals surface area (Å²) in [5.74, 6) is 2.39. The van der Waals surface area contributed by atoms with Crippen LogP contribution in [0.3, 0.4) is 0 Å². The van der Waals surface area contributed by atoms with Crippen LogP contribution in [0.1, 0.15) is 64.2 Å². The van der Waals surface area contributed by atoms with E-state index in [1.165, 1.54) is 51.4 Å². The number of hydrazine groups is 1. The molecule has 0 aromatic rings. The van der Waals surface area contributed by atoms with Crippen molar-refractivity contribution in [2.24, 2.45) is 17.8 Å². The maximum atomic E-state index is 12.4. The van der Waals surface area contributed by atoms with Crippen LogP contribution in [0.15, 0.2) is 0 Å². The van der Waals surface area contributed by atoms with Gasteiger partial charge in [-0.2, -0.15) is 0 Å². The normalized spacial score (nSPS) is 36.5. The molecule has 1 heterocycles. The van der Waals surface area contributed by atoms with E-state index in [1.54, 1.807) is 0 Å². The SMILES string of the molecule is O=C(NN1CCCCC1)[C@@H]1CC[C@@H]2CCCC[C@H]2C1. The highest BCUT2D eigenvalue weighted by molar-refractivity contribution is 5.78. The minimum atomic E-state index is 0.293. The summed E-state index contributed by atoms with van der Waals surface area (Å²) in [5, 5.41) is 2.15. The molecule has 1 N–H and O–H groups in total.